The number of para-hydroxylation sites is 2. The van der Waals surface area contributed by atoms with Gasteiger partial charge in [-0.2, -0.15) is 0 Å². The maximum Gasteiger partial charge on any atom is 0.319 e. The van der Waals surface area contributed by atoms with Crippen molar-refractivity contribution < 1.29 is 14.6 Å². The zero-order chi connectivity index (χ0) is 15.5. The van der Waals surface area contributed by atoms with Crippen LogP contribution in [0.2, 0.25) is 0 Å². The van der Waals surface area contributed by atoms with Crippen molar-refractivity contribution in [1.29, 1.82) is 0 Å². The van der Waals surface area contributed by atoms with Crippen molar-refractivity contribution >= 4 is 11.7 Å². The van der Waals surface area contributed by atoms with Gasteiger partial charge >= 0.3 is 6.03 Å². The van der Waals surface area contributed by atoms with E-state index in [1.54, 1.807) is 0 Å². The van der Waals surface area contributed by atoms with Crippen LogP contribution in [-0.2, 0) is 0 Å². The molecule has 0 aromatic heterocycles. The number of ether oxygens (including phenoxy) is 1. The van der Waals surface area contributed by atoms with Gasteiger partial charge in [-0.05, 0) is 38.3 Å². The highest BCUT2D eigenvalue weighted by atomic mass is 16.5. The van der Waals surface area contributed by atoms with Gasteiger partial charge in [-0.3, -0.25) is 0 Å². The number of benzene rings is 1. The van der Waals surface area contributed by atoms with Crippen LogP contribution in [0.1, 0.15) is 39.5 Å². The van der Waals surface area contributed by atoms with E-state index in [4.69, 9.17) is 9.84 Å². The summed E-state index contributed by atoms with van der Waals surface area (Å²) in [6.45, 7) is 4.80. The Kier molecular flexibility index (Phi) is 8.28. The highest BCUT2D eigenvalue weighted by Crippen LogP contribution is 2.23. The van der Waals surface area contributed by atoms with E-state index in [-0.39, 0.29) is 18.7 Å². The first-order chi connectivity index (χ1) is 10.2. The monoisotopic (exact) mass is 294 g/mol. The molecule has 21 heavy (non-hydrogen) atoms. The largest absolute Gasteiger partial charge is 0.491 e. The van der Waals surface area contributed by atoms with Gasteiger partial charge in [0.1, 0.15) is 5.75 Å². The Bertz CT molecular complexity index is 424. The molecule has 0 saturated carbocycles. The minimum atomic E-state index is -0.257. The van der Waals surface area contributed by atoms with E-state index in [1.165, 1.54) is 0 Å². The number of carbonyl (C=O) groups is 1. The van der Waals surface area contributed by atoms with E-state index in [0.717, 1.165) is 19.3 Å². The summed E-state index contributed by atoms with van der Waals surface area (Å²) in [4.78, 5) is 11.9. The molecule has 1 rings (SSSR count). The smallest absolute Gasteiger partial charge is 0.319 e. The first-order valence-corrected chi connectivity index (χ1v) is 7.57. The van der Waals surface area contributed by atoms with Crippen LogP contribution in [0.15, 0.2) is 24.3 Å². The molecule has 1 aromatic carbocycles. The molecule has 1 unspecified atom stereocenters. The van der Waals surface area contributed by atoms with E-state index < -0.39 is 0 Å². The highest BCUT2D eigenvalue weighted by molar-refractivity contribution is 5.91. The second kappa shape index (κ2) is 10.0. The van der Waals surface area contributed by atoms with Gasteiger partial charge in [0.2, 0.25) is 0 Å². The molecule has 5 nitrogen and oxygen atoms in total. The molecule has 118 valence electrons. The Balaban J connectivity index is 2.51. The van der Waals surface area contributed by atoms with Gasteiger partial charge < -0.3 is 20.5 Å². The molecule has 5 heteroatoms. The van der Waals surface area contributed by atoms with Gasteiger partial charge in [0.25, 0.3) is 0 Å². The average molecular weight is 294 g/mol. The molecule has 0 aliphatic heterocycles. The molecule has 1 aromatic rings. The number of amides is 2. The van der Waals surface area contributed by atoms with Gasteiger partial charge in [-0.1, -0.05) is 25.5 Å². The zero-order valence-corrected chi connectivity index (χ0v) is 12.9. The van der Waals surface area contributed by atoms with E-state index in [0.29, 0.717) is 24.5 Å². The van der Waals surface area contributed by atoms with Crippen molar-refractivity contribution in [3.8, 4) is 5.75 Å². The normalized spacial score (nSPS) is 11.8. The number of nitrogens with one attached hydrogen (secondary N) is 2. The number of hydrogen-bond donors (Lipinski definition) is 3. The first-order valence-electron chi connectivity index (χ1n) is 7.57. The van der Waals surface area contributed by atoms with Crippen LogP contribution in [0.25, 0.3) is 0 Å². The van der Waals surface area contributed by atoms with E-state index in [2.05, 4.69) is 17.6 Å². The summed E-state index contributed by atoms with van der Waals surface area (Å²) >= 11 is 0. The number of aliphatic hydroxyl groups is 1. The maximum atomic E-state index is 11.9. The standard InChI is InChI=1S/C16H26N2O3/c1-3-4-12-21-15-10-6-5-9-14(15)18-16(20)17-13(2)8-7-11-19/h5-6,9-10,13,19H,3-4,7-8,11-12H2,1-2H3,(H2,17,18,20). The minimum Gasteiger partial charge on any atom is -0.491 e. The number of urea groups is 1. The highest BCUT2D eigenvalue weighted by Gasteiger charge is 2.10. The summed E-state index contributed by atoms with van der Waals surface area (Å²) in [7, 11) is 0. The predicted molar refractivity (Wildman–Crippen MR) is 84.8 cm³/mol. The number of carbonyl (C=O) groups excluding carboxylic acids is 1. The quantitative estimate of drug-likeness (QED) is 0.613. The lowest BCUT2D eigenvalue weighted by molar-refractivity contribution is 0.244. The molecule has 0 saturated heterocycles. The third-order valence-electron chi connectivity index (χ3n) is 3.06. The van der Waals surface area contributed by atoms with Gasteiger partial charge in [-0.15, -0.1) is 0 Å². The summed E-state index contributed by atoms with van der Waals surface area (Å²) < 4.78 is 5.67. The van der Waals surface area contributed by atoms with Crippen LogP contribution in [0, 0.1) is 0 Å². The fraction of sp³-hybridized carbons (Fsp3) is 0.562. The lowest BCUT2D eigenvalue weighted by Crippen LogP contribution is -2.36. The Hall–Kier alpha value is -1.75. The molecule has 0 spiro atoms. The summed E-state index contributed by atoms with van der Waals surface area (Å²) in [5, 5.41) is 14.4. The van der Waals surface area contributed by atoms with Crippen LogP contribution in [0.5, 0.6) is 5.75 Å². The first kappa shape index (κ1) is 17.3. The van der Waals surface area contributed by atoms with Crippen molar-refractivity contribution in [1.82, 2.24) is 5.32 Å². The third-order valence-corrected chi connectivity index (χ3v) is 3.06. The summed E-state index contributed by atoms with van der Waals surface area (Å²) in [5.41, 5.74) is 0.667. The molecule has 1 atom stereocenters. The molecule has 0 radical (unpaired) electrons. The van der Waals surface area contributed by atoms with Crippen LogP contribution in [0.4, 0.5) is 10.5 Å². The molecule has 0 heterocycles. The topological polar surface area (TPSA) is 70.6 Å². The number of aliphatic hydroxyl groups excluding tert-OH is 1. The Labute approximate surface area is 126 Å². The molecule has 0 fully saturated rings. The van der Waals surface area contributed by atoms with Crippen LogP contribution >= 0.6 is 0 Å². The number of anilines is 1. The van der Waals surface area contributed by atoms with Gasteiger partial charge in [-0.25, -0.2) is 4.79 Å². The van der Waals surface area contributed by atoms with E-state index >= 15 is 0 Å². The Morgan fingerprint density at radius 1 is 1.33 bits per heavy atom. The molecule has 2 amide bonds. The zero-order valence-electron chi connectivity index (χ0n) is 12.9. The number of unbranched alkanes of at least 4 members (excludes halogenated alkanes) is 1. The van der Waals surface area contributed by atoms with Crippen molar-refractivity contribution in [2.75, 3.05) is 18.5 Å². The molecule has 0 aliphatic rings. The van der Waals surface area contributed by atoms with Gasteiger partial charge in [0.05, 0.1) is 12.3 Å². The SMILES string of the molecule is CCCCOc1ccccc1NC(=O)NC(C)CCCO. The van der Waals surface area contributed by atoms with Crippen LogP contribution < -0.4 is 15.4 Å². The van der Waals surface area contributed by atoms with Crippen molar-refractivity contribution in [2.45, 2.75) is 45.6 Å². The predicted octanol–water partition coefficient (Wildman–Crippen LogP) is 3.15. The number of rotatable bonds is 9. The van der Waals surface area contributed by atoms with Crippen LogP contribution in [-0.4, -0.2) is 30.4 Å². The molecule has 0 bridgehead atoms. The Morgan fingerprint density at radius 2 is 2.10 bits per heavy atom. The molecular weight excluding hydrogens is 268 g/mol. The van der Waals surface area contributed by atoms with Crippen LogP contribution in [0.3, 0.4) is 0 Å². The maximum absolute atomic E-state index is 11.9. The van der Waals surface area contributed by atoms with Crippen molar-refractivity contribution in [3.63, 3.8) is 0 Å². The minimum absolute atomic E-state index is 0.0188. The number of hydrogen-bond acceptors (Lipinski definition) is 3. The fourth-order valence-electron chi connectivity index (χ4n) is 1.87. The van der Waals surface area contributed by atoms with E-state index in [9.17, 15) is 4.79 Å². The van der Waals surface area contributed by atoms with Gasteiger partial charge in [0.15, 0.2) is 0 Å². The second-order valence-corrected chi connectivity index (χ2v) is 5.06. The fourth-order valence-corrected chi connectivity index (χ4v) is 1.87. The molecule has 0 aliphatic carbocycles. The van der Waals surface area contributed by atoms with Gasteiger partial charge in [0, 0.05) is 12.6 Å². The average Bonchev–Trinajstić information content (AvgIpc) is 2.47. The summed E-state index contributed by atoms with van der Waals surface area (Å²) in [6.07, 6.45) is 3.48. The Morgan fingerprint density at radius 3 is 2.81 bits per heavy atom. The molecular formula is C16H26N2O3. The lowest BCUT2D eigenvalue weighted by atomic mass is 10.2. The summed E-state index contributed by atoms with van der Waals surface area (Å²) in [5.74, 6) is 0.684. The van der Waals surface area contributed by atoms with E-state index in [1.807, 2.05) is 31.2 Å². The second-order valence-electron chi connectivity index (χ2n) is 5.06. The summed E-state index contributed by atoms with van der Waals surface area (Å²) in [6, 6.07) is 7.17. The van der Waals surface area contributed by atoms with Crippen molar-refractivity contribution in [3.05, 3.63) is 24.3 Å². The molecule has 3 N–H and O–H groups in total. The third kappa shape index (κ3) is 6.99. The lowest BCUT2D eigenvalue weighted by Gasteiger charge is -2.16. The van der Waals surface area contributed by atoms with Crippen molar-refractivity contribution in [2.24, 2.45) is 0 Å².